The molecule has 4 rings (SSSR count). The Morgan fingerprint density at radius 2 is 1.91 bits per heavy atom. The molecule has 16 heteroatoms. The largest absolute Gasteiger partial charge is 0.656 e. The zero-order valence-electron chi connectivity index (χ0n) is 33.4. The van der Waals surface area contributed by atoms with Crippen molar-refractivity contribution in [1.29, 1.82) is 0 Å². The number of ether oxygens (including phenoxy) is 5. The van der Waals surface area contributed by atoms with E-state index >= 15 is 0 Å². The number of amidine groups is 1. The molecule has 1 aliphatic carbocycles. The Morgan fingerprint density at radius 3 is 2.64 bits per heavy atom. The molecule has 3 fully saturated rings. The Bertz CT molecular complexity index is 1250. The van der Waals surface area contributed by atoms with Gasteiger partial charge >= 0.3 is 8.46 Å². The first-order chi connectivity index (χ1) is 26.4. The normalized spacial score (nSPS) is 23.6. The summed E-state index contributed by atoms with van der Waals surface area (Å²) in [5.41, 5.74) is 4.94. The number of terminal acetylenes is 1. The van der Waals surface area contributed by atoms with Gasteiger partial charge in [-0.1, -0.05) is 27.6 Å². The van der Waals surface area contributed by atoms with E-state index in [9.17, 15) is 9.97 Å². The van der Waals surface area contributed by atoms with Gasteiger partial charge in [-0.15, -0.1) is 20.0 Å². The second-order valence-corrected chi connectivity index (χ2v) is 14.9. The molecule has 3 heterocycles. The number of piperidine rings is 1. The van der Waals surface area contributed by atoms with Crippen LogP contribution in [0.5, 0.6) is 0 Å². The molecule has 55 heavy (non-hydrogen) atoms. The van der Waals surface area contributed by atoms with Crippen molar-refractivity contribution in [2.24, 2.45) is 21.6 Å². The minimum atomic E-state index is -0.492. The summed E-state index contributed by atoms with van der Waals surface area (Å²) in [4.78, 5) is 9.77. The molecule has 0 aromatic carbocycles. The van der Waals surface area contributed by atoms with E-state index < -0.39 is 8.46 Å². The minimum Gasteiger partial charge on any atom is -0.656 e. The minimum absolute atomic E-state index is 0. The summed E-state index contributed by atoms with van der Waals surface area (Å²) >= 11 is 0. The second kappa shape index (κ2) is 30.2. The van der Waals surface area contributed by atoms with Gasteiger partial charge in [0.15, 0.2) is 0 Å². The number of hydrazone groups is 1. The molecule has 1 N–H and O–H groups in total. The SMILES string of the molecule is C#CCOCCOCCOCCCCCO/N=C1\CCC(CC=C)C1.C[N-]/C1=C(C(=[N-])N2CC3(CCCN(C)C3)C2)/C=N\NCCCC(COC[PH+]=O)O1.[Y]. The molecule has 4 aliphatic rings. The molecule has 1 spiro atoms. The Hall–Kier alpha value is -1.95. The van der Waals surface area contributed by atoms with Crippen LogP contribution in [-0.4, -0.2) is 140 Å². The molecule has 3 unspecified atom stereocenters. The molecule has 2 saturated heterocycles. The van der Waals surface area contributed by atoms with Crippen LogP contribution in [0.1, 0.15) is 70.6 Å². The molecule has 1 radical (unpaired) electrons. The van der Waals surface area contributed by atoms with Crippen LogP contribution in [0.3, 0.4) is 0 Å². The van der Waals surface area contributed by atoms with Crippen molar-refractivity contribution >= 4 is 26.2 Å². The Labute approximate surface area is 356 Å². The first kappa shape index (κ1) is 49.2. The van der Waals surface area contributed by atoms with E-state index in [-0.39, 0.29) is 56.4 Å². The van der Waals surface area contributed by atoms with Gasteiger partial charge in [0.25, 0.3) is 0 Å². The Balaban J connectivity index is 0.000000378. The van der Waals surface area contributed by atoms with E-state index in [4.69, 9.17) is 34.9 Å². The number of oxime groups is 1. The number of unbranched alkanes of at least 4 members (excludes halogenated alkanes) is 2. The van der Waals surface area contributed by atoms with Crippen molar-refractivity contribution in [2.75, 3.05) is 106 Å². The van der Waals surface area contributed by atoms with Crippen LogP contribution in [-0.2, 0) is 65.8 Å². The van der Waals surface area contributed by atoms with E-state index in [0.717, 1.165) is 90.1 Å². The van der Waals surface area contributed by atoms with Crippen LogP contribution >= 0.6 is 8.46 Å². The fraction of sp³-hybridized carbons (Fsp3) is 0.769. The number of nitrogens with zero attached hydrogens (tertiary/aromatic N) is 6. The van der Waals surface area contributed by atoms with Gasteiger partial charge in [0, 0.05) is 63.9 Å². The molecule has 3 atom stereocenters. The van der Waals surface area contributed by atoms with Gasteiger partial charge in [-0.25, -0.2) is 0 Å². The predicted molar refractivity (Wildman–Crippen MR) is 217 cm³/mol. The maximum Gasteiger partial charge on any atom is 0.353 e. The van der Waals surface area contributed by atoms with Gasteiger partial charge in [-0.05, 0) is 109 Å². The Morgan fingerprint density at radius 1 is 1.15 bits per heavy atom. The molecule has 307 valence electrons. The van der Waals surface area contributed by atoms with Crippen LogP contribution in [0.2, 0.25) is 0 Å². The van der Waals surface area contributed by atoms with Crippen LogP contribution < -0.4 is 5.43 Å². The van der Waals surface area contributed by atoms with E-state index in [0.29, 0.717) is 64.2 Å². The van der Waals surface area contributed by atoms with Crippen molar-refractivity contribution in [3.8, 4) is 12.3 Å². The molecular weight excluding hydrogens is 798 g/mol. The van der Waals surface area contributed by atoms with Gasteiger partial charge in [-0.3, -0.25) is 0 Å². The third-order valence-corrected chi connectivity index (χ3v) is 10.1. The van der Waals surface area contributed by atoms with Gasteiger partial charge in [0.05, 0.1) is 45.0 Å². The van der Waals surface area contributed by atoms with Crippen molar-refractivity contribution in [1.82, 2.24) is 15.2 Å². The zero-order valence-corrected chi connectivity index (χ0v) is 37.2. The van der Waals surface area contributed by atoms with Gasteiger partial charge in [0.2, 0.25) is 6.35 Å². The number of allylic oxidation sites excluding steroid dienone is 1. The summed E-state index contributed by atoms with van der Waals surface area (Å²) in [6, 6.07) is 0. The van der Waals surface area contributed by atoms with E-state index in [2.05, 4.69) is 45.4 Å². The van der Waals surface area contributed by atoms with Crippen LogP contribution in [0.15, 0.2) is 34.4 Å². The molecule has 0 aromatic rings. The summed E-state index contributed by atoms with van der Waals surface area (Å²) in [5, 5.41) is 23.8. The average Bonchev–Trinajstić information content (AvgIpc) is 3.61. The summed E-state index contributed by atoms with van der Waals surface area (Å²) < 4.78 is 38.1. The summed E-state index contributed by atoms with van der Waals surface area (Å²) in [6.45, 7) is 12.8. The molecule has 3 aliphatic heterocycles. The van der Waals surface area contributed by atoms with Gasteiger partial charge in [0.1, 0.15) is 19.3 Å². The number of hydrogen-bond donors (Lipinski definition) is 1. The van der Waals surface area contributed by atoms with Crippen molar-refractivity contribution in [3.63, 3.8) is 0 Å². The van der Waals surface area contributed by atoms with E-state index in [1.54, 1.807) is 13.3 Å². The molecule has 0 aromatic heterocycles. The number of rotatable bonds is 22. The van der Waals surface area contributed by atoms with Crippen LogP contribution in [0, 0.1) is 23.7 Å². The van der Waals surface area contributed by atoms with Gasteiger partial charge in [-0.2, -0.15) is 5.10 Å². The first-order valence-corrected chi connectivity index (χ1v) is 20.7. The van der Waals surface area contributed by atoms with Crippen molar-refractivity contribution in [2.45, 2.75) is 76.7 Å². The summed E-state index contributed by atoms with van der Waals surface area (Å²) in [7, 11) is 3.31. The number of likely N-dealkylation sites (tertiary alicyclic amines) is 2. The number of hydrogen-bond acceptors (Lipinski definition) is 11. The first-order valence-electron chi connectivity index (χ1n) is 19.6. The maximum absolute atomic E-state index is 11.0. The average molecular weight is 864 g/mol. The monoisotopic (exact) mass is 863 g/mol. The smallest absolute Gasteiger partial charge is 0.353 e. The van der Waals surface area contributed by atoms with Crippen LogP contribution in [0.25, 0.3) is 10.7 Å². The van der Waals surface area contributed by atoms with Crippen LogP contribution in [0.4, 0.5) is 0 Å². The fourth-order valence-electron chi connectivity index (χ4n) is 7.07. The standard InChI is InChI=1S/C20H33NO4.C19H31N6O3P.Y/c1-3-8-19-9-10-20(18-19)21-25-13-7-5-6-12-23-15-17-24-16-14-22-11-4-2;1-21-18-16(9-23-22-7-3-5-15(28-18)10-27-14-29-26)17(20)25-12-19(13-25)6-4-8-24(2)11-19;/h2-3,19H,1,5-18H2;9,15,22H,3-8,10-14H2,1-2H3;/q;-2;/p+1/b21-20+;18-16+,23-9-;. The fourth-order valence-corrected chi connectivity index (χ4v) is 7.28. The summed E-state index contributed by atoms with van der Waals surface area (Å²) in [5.74, 6) is 3.62. The Kier molecular flexibility index (Phi) is 27.0. The van der Waals surface area contributed by atoms with E-state index in [1.165, 1.54) is 25.0 Å². The zero-order chi connectivity index (χ0) is 38.7. The summed E-state index contributed by atoms with van der Waals surface area (Å²) in [6.07, 6.45) is 20.2. The topological polar surface area (TPSA) is 152 Å². The molecule has 0 bridgehead atoms. The molecule has 14 nitrogen and oxygen atoms in total. The molecular formula is C39H65N7O7PY-. The molecule has 1 saturated carbocycles. The third kappa shape index (κ3) is 19.9. The predicted octanol–water partition coefficient (Wildman–Crippen LogP) is 5.54. The third-order valence-electron chi connectivity index (χ3n) is 9.73. The second-order valence-electron chi connectivity index (χ2n) is 14.3. The van der Waals surface area contributed by atoms with Gasteiger partial charge < -0.3 is 54.5 Å². The molecule has 0 amide bonds. The maximum atomic E-state index is 11.0. The quantitative estimate of drug-likeness (QED) is 0.0280. The number of nitrogens with one attached hydrogen (secondary N) is 1. The van der Waals surface area contributed by atoms with Crippen molar-refractivity contribution in [3.05, 3.63) is 34.8 Å². The van der Waals surface area contributed by atoms with Crippen molar-refractivity contribution < 1.29 is 65.8 Å². The van der Waals surface area contributed by atoms with E-state index in [1.807, 2.05) is 11.0 Å².